The molecule has 3 aromatic rings. The molecule has 0 saturated carbocycles. The van der Waals surface area contributed by atoms with Gasteiger partial charge in [-0.3, -0.25) is 20.4 Å². The molecule has 0 aliphatic carbocycles. The summed E-state index contributed by atoms with van der Waals surface area (Å²) >= 11 is 18.2. The lowest BCUT2D eigenvalue weighted by molar-refractivity contribution is -0.125. The zero-order chi connectivity index (χ0) is 25.1. The number of hydrazine groups is 1. The lowest BCUT2D eigenvalue weighted by atomic mass is 10.1. The summed E-state index contributed by atoms with van der Waals surface area (Å²) in [6, 6.07) is 16.1. The SMILES string of the molecule is Cc1ccc(N2C[C@H](C(=O)NNc3cc(Cl)ccc3OCc3ccc(Cl)c(Cl)c3)CC2=O)cc1C. The van der Waals surface area contributed by atoms with E-state index in [4.69, 9.17) is 39.5 Å². The molecule has 0 radical (unpaired) electrons. The first-order valence-corrected chi connectivity index (χ1v) is 12.1. The maximum atomic E-state index is 12.9. The van der Waals surface area contributed by atoms with Crippen LogP contribution in [0, 0.1) is 19.8 Å². The lowest BCUT2D eigenvalue weighted by Crippen LogP contribution is -2.36. The van der Waals surface area contributed by atoms with E-state index >= 15 is 0 Å². The molecule has 1 saturated heterocycles. The van der Waals surface area contributed by atoms with Gasteiger partial charge in [-0.15, -0.1) is 0 Å². The monoisotopic (exact) mass is 531 g/mol. The number of anilines is 2. The van der Waals surface area contributed by atoms with Crippen molar-refractivity contribution in [2.75, 3.05) is 16.9 Å². The second kappa shape index (κ2) is 10.8. The summed E-state index contributed by atoms with van der Waals surface area (Å²) in [5, 5.41) is 1.38. The Morgan fingerprint density at radius 2 is 1.80 bits per heavy atom. The van der Waals surface area contributed by atoms with E-state index in [1.807, 2.05) is 38.1 Å². The number of hydrogen-bond donors (Lipinski definition) is 2. The number of benzene rings is 3. The third-order valence-corrected chi connectivity index (χ3v) is 6.91. The molecular weight excluding hydrogens is 509 g/mol. The zero-order valence-corrected chi connectivity index (χ0v) is 21.5. The Hall–Kier alpha value is -2.93. The van der Waals surface area contributed by atoms with Crippen molar-refractivity contribution in [1.29, 1.82) is 0 Å². The Morgan fingerprint density at radius 1 is 1.00 bits per heavy atom. The zero-order valence-electron chi connectivity index (χ0n) is 19.2. The lowest BCUT2D eigenvalue weighted by Gasteiger charge is -2.19. The number of nitrogens with one attached hydrogen (secondary N) is 2. The molecule has 1 aliphatic rings. The first kappa shape index (κ1) is 25.2. The van der Waals surface area contributed by atoms with E-state index in [9.17, 15) is 9.59 Å². The summed E-state index contributed by atoms with van der Waals surface area (Å²) in [5.41, 5.74) is 9.95. The van der Waals surface area contributed by atoms with Gasteiger partial charge in [0.15, 0.2) is 0 Å². The van der Waals surface area contributed by atoms with Crippen molar-refractivity contribution in [2.24, 2.45) is 5.92 Å². The molecule has 182 valence electrons. The van der Waals surface area contributed by atoms with Gasteiger partial charge in [-0.05, 0) is 73.0 Å². The third-order valence-electron chi connectivity index (χ3n) is 5.94. The van der Waals surface area contributed by atoms with Crippen LogP contribution in [0.5, 0.6) is 5.75 Å². The first-order valence-electron chi connectivity index (χ1n) is 11.0. The standard InChI is InChI=1S/C26H24Cl3N3O3/c1-15-3-6-20(9-16(15)2)32-13-18(11-25(32)33)26(34)31-30-23-12-19(27)5-8-24(23)35-14-17-4-7-21(28)22(29)10-17/h3-10,12,18,30H,11,13-14H2,1-2H3,(H,31,34)/t18-/m1/s1. The number of nitrogens with zero attached hydrogens (tertiary/aromatic N) is 1. The maximum absolute atomic E-state index is 12.9. The molecule has 6 nitrogen and oxygen atoms in total. The van der Waals surface area contributed by atoms with Crippen molar-refractivity contribution >= 4 is 58.0 Å². The highest BCUT2D eigenvalue weighted by Crippen LogP contribution is 2.30. The van der Waals surface area contributed by atoms with Crippen LogP contribution in [0.2, 0.25) is 15.1 Å². The average Bonchev–Trinajstić information content (AvgIpc) is 3.22. The van der Waals surface area contributed by atoms with E-state index in [1.54, 1.807) is 35.2 Å². The summed E-state index contributed by atoms with van der Waals surface area (Å²) in [6.45, 7) is 4.57. The maximum Gasteiger partial charge on any atom is 0.243 e. The minimum atomic E-state index is -0.489. The second-order valence-corrected chi connectivity index (χ2v) is 9.72. The normalized spacial score (nSPS) is 15.3. The first-order chi connectivity index (χ1) is 16.7. The van der Waals surface area contributed by atoms with Gasteiger partial charge >= 0.3 is 0 Å². The number of carbonyl (C=O) groups is 2. The highest BCUT2D eigenvalue weighted by Gasteiger charge is 2.35. The fourth-order valence-electron chi connectivity index (χ4n) is 3.77. The van der Waals surface area contributed by atoms with E-state index in [0.29, 0.717) is 33.0 Å². The van der Waals surface area contributed by atoms with Gasteiger partial charge in [0.25, 0.3) is 0 Å². The number of rotatable bonds is 7. The van der Waals surface area contributed by atoms with Gasteiger partial charge in [0.1, 0.15) is 12.4 Å². The van der Waals surface area contributed by atoms with Gasteiger partial charge in [0, 0.05) is 23.7 Å². The molecule has 0 aromatic heterocycles. The van der Waals surface area contributed by atoms with E-state index in [1.165, 1.54) is 0 Å². The Morgan fingerprint density at radius 3 is 2.54 bits per heavy atom. The van der Waals surface area contributed by atoms with Crippen molar-refractivity contribution in [2.45, 2.75) is 26.9 Å². The number of hydrogen-bond acceptors (Lipinski definition) is 4. The fraction of sp³-hybridized carbons (Fsp3) is 0.231. The Kier molecular flexibility index (Phi) is 7.75. The molecule has 0 bridgehead atoms. The van der Waals surface area contributed by atoms with Crippen molar-refractivity contribution in [3.63, 3.8) is 0 Å². The van der Waals surface area contributed by atoms with Crippen LogP contribution in [0.3, 0.4) is 0 Å². The highest BCUT2D eigenvalue weighted by molar-refractivity contribution is 6.42. The van der Waals surface area contributed by atoms with Crippen LogP contribution >= 0.6 is 34.8 Å². The van der Waals surface area contributed by atoms with E-state index in [2.05, 4.69) is 10.9 Å². The minimum Gasteiger partial charge on any atom is -0.487 e. The van der Waals surface area contributed by atoms with Crippen molar-refractivity contribution < 1.29 is 14.3 Å². The molecule has 2 N–H and O–H groups in total. The molecule has 9 heteroatoms. The predicted molar refractivity (Wildman–Crippen MR) is 140 cm³/mol. The summed E-state index contributed by atoms with van der Waals surface area (Å²) in [6.07, 6.45) is 0.136. The fourth-order valence-corrected chi connectivity index (χ4v) is 4.27. The molecule has 2 amide bonds. The smallest absolute Gasteiger partial charge is 0.243 e. The molecule has 0 unspecified atom stereocenters. The molecule has 1 aliphatic heterocycles. The van der Waals surface area contributed by atoms with Gasteiger partial charge in [-0.2, -0.15) is 0 Å². The van der Waals surface area contributed by atoms with Crippen LogP contribution in [-0.2, 0) is 16.2 Å². The Labute approximate surface area is 219 Å². The minimum absolute atomic E-state index is 0.0817. The van der Waals surface area contributed by atoms with Crippen LogP contribution in [0.25, 0.3) is 0 Å². The van der Waals surface area contributed by atoms with Crippen molar-refractivity contribution in [3.8, 4) is 5.75 Å². The van der Waals surface area contributed by atoms with Crippen LogP contribution in [0.15, 0.2) is 54.6 Å². The van der Waals surface area contributed by atoms with E-state index in [0.717, 1.165) is 22.4 Å². The molecule has 0 spiro atoms. The molecule has 1 heterocycles. The van der Waals surface area contributed by atoms with Crippen molar-refractivity contribution in [3.05, 3.63) is 86.4 Å². The highest BCUT2D eigenvalue weighted by atomic mass is 35.5. The van der Waals surface area contributed by atoms with E-state index < -0.39 is 5.92 Å². The van der Waals surface area contributed by atoms with Gasteiger partial charge in [0.05, 0.1) is 21.7 Å². The molecule has 35 heavy (non-hydrogen) atoms. The molecule has 1 fully saturated rings. The van der Waals surface area contributed by atoms with Gasteiger partial charge in [-0.25, -0.2) is 0 Å². The van der Waals surface area contributed by atoms with Crippen LogP contribution < -0.4 is 20.5 Å². The summed E-state index contributed by atoms with van der Waals surface area (Å²) in [7, 11) is 0. The summed E-state index contributed by atoms with van der Waals surface area (Å²) in [4.78, 5) is 27.1. The number of carbonyl (C=O) groups excluding carboxylic acids is 2. The molecule has 3 aromatic carbocycles. The van der Waals surface area contributed by atoms with Crippen molar-refractivity contribution in [1.82, 2.24) is 5.43 Å². The number of ether oxygens (including phenoxy) is 1. The summed E-state index contributed by atoms with van der Waals surface area (Å²) < 4.78 is 5.91. The average molecular weight is 533 g/mol. The molecular formula is C26H24Cl3N3O3. The molecule has 4 rings (SSSR count). The topological polar surface area (TPSA) is 70.7 Å². The number of halogens is 3. The van der Waals surface area contributed by atoms with Gasteiger partial charge < -0.3 is 9.64 Å². The van der Waals surface area contributed by atoms with Gasteiger partial charge in [0.2, 0.25) is 11.8 Å². The van der Waals surface area contributed by atoms with Gasteiger partial charge in [-0.1, -0.05) is 46.9 Å². The quantitative estimate of drug-likeness (QED) is 0.348. The van der Waals surface area contributed by atoms with Crippen LogP contribution in [0.1, 0.15) is 23.1 Å². The van der Waals surface area contributed by atoms with Crippen LogP contribution in [0.4, 0.5) is 11.4 Å². The predicted octanol–water partition coefficient (Wildman–Crippen LogP) is 6.34. The molecule has 1 atom stereocenters. The Balaban J connectivity index is 1.39. The largest absolute Gasteiger partial charge is 0.487 e. The number of aryl methyl sites for hydroxylation is 2. The van der Waals surface area contributed by atoms with E-state index in [-0.39, 0.29) is 24.8 Å². The Bertz CT molecular complexity index is 1280. The second-order valence-electron chi connectivity index (χ2n) is 8.47. The van der Waals surface area contributed by atoms with Crippen LogP contribution in [-0.4, -0.2) is 18.4 Å². The summed E-state index contributed by atoms with van der Waals surface area (Å²) in [5.74, 6) is -0.377. The number of amides is 2. The third kappa shape index (κ3) is 6.01.